The summed E-state index contributed by atoms with van der Waals surface area (Å²) in [5.74, 6) is -0.122. The smallest absolute Gasteiger partial charge is 0.269 e. The molecule has 1 aliphatic rings. The summed E-state index contributed by atoms with van der Waals surface area (Å²) in [6.07, 6.45) is 0.886. The molecule has 138 valence electrons. The predicted octanol–water partition coefficient (Wildman–Crippen LogP) is 0.461. The number of nitro groups is 1. The fourth-order valence-electron chi connectivity index (χ4n) is 2.68. The third-order valence-electron chi connectivity index (χ3n) is 4.39. The van der Waals surface area contributed by atoms with Crippen LogP contribution < -0.4 is 10.5 Å². The minimum Gasteiger partial charge on any atom is -0.342 e. The van der Waals surface area contributed by atoms with E-state index in [1.807, 2.05) is 6.92 Å². The number of benzene rings is 1. The molecule has 0 radical (unpaired) electrons. The van der Waals surface area contributed by atoms with Gasteiger partial charge in [-0.2, -0.15) is 0 Å². The average Bonchev–Trinajstić information content (AvgIpc) is 2.98. The molecule has 1 unspecified atom stereocenters. The Labute approximate surface area is 146 Å². The molecule has 1 heterocycles. The Kier molecular flexibility index (Phi) is 5.76. The molecule has 1 atom stereocenters. The highest BCUT2D eigenvalue weighted by molar-refractivity contribution is 7.89. The molecule has 10 heteroatoms. The number of nitro benzene ring substituents is 1. The minimum atomic E-state index is -3.81. The molecule has 0 aliphatic carbocycles. The van der Waals surface area contributed by atoms with Crippen LogP contribution in [0.15, 0.2) is 29.2 Å². The van der Waals surface area contributed by atoms with Gasteiger partial charge in [0.1, 0.15) is 0 Å². The van der Waals surface area contributed by atoms with Crippen molar-refractivity contribution in [3.05, 3.63) is 34.4 Å². The van der Waals surface area contributed by atoms with Gasteiger partial charge in [0.05, 0.1) is 9.82 Å². The molecule has 0 bridgehead atoms. The van der Waals surface area contributed by atoms with Crippen LogP contribution in [0.1, 0.15) is 19.8 Å². The maximum absolute atomic E-state index is 12.2. The zero-order valence-corrected chi connectivity index (χ0v) is 14.8. The standard InChI is InChI=1S/C15H22N4O5S/c1-15(10-16)7-9-18(11-15)14(20)6-8-17-25(23,24)13-4-2-12(3-5-13)19(21)22/h2-5,17H,6-11,16H2,1H3. The van der Waals surface area contributed by atoms with Gasteiger partial charge in [-0.05, 0) is 30.5 Å². The lowest BCUT2D eigenvalue weighted by molar-refractivity contribution is -0.384. The van der Waals surface area contributed by atoms with E-state index in [0.29, 0.717) is 19.6 Å². The van der Waals surface area contributed by atoms with Crippen LogP contribution in [0, 0.1) is 15.5 Å². The Morgan fingerprint density at radius 3 is 2.56 bits per heavy atom. The first-order chi connectivity index (χ1) is 11.7. The topological polar surface area (TPSA) is 136 Å². The molecule has 25 heavy (non-hydrogen) atoms. The summed E-state index contributed by atoms with van der Waals surface area (Å²) in [6, 6.07) is 4.57. The van der Waals surface area contributed by atoms with Crippen molar-refractivity contribution in [2.75, 3.05) is 26.2 Å². The highest BCUT2D eigenvalue weighted by atomic mass is 32.2. The molecular formula is C15H22N4O5S. The van der Waals surface area contributed by atoms with E-state index in [-0.39, 0.29) is 34.9 Å². The van der Waals surface area contributed by atoms with Crippen LogP contribution in [-0.4, -0.2) is 50.3 Å². The van der Waals surface area contributed by atoms with Gasteiger partial charge < -0.3 is 10.6 Å². The molecule has 1 fully saturated rings. The zero-order chi connectivity index (χ0) is 18.7. The first kappa shape index (κ1) is 19.3. The van der Waals surface area contributed by atoms with Crippen molar-refractivity contribution < 1.29 is 18.1 Å². The average molecular weight is 370 g/mol. The third kappa shape index (κ3) is 4.74. The number of likely N-dealkylation sites (tertiary alicyclic amines) is 1. The molecule has 3 N–H and O–H groups in total. The van der Waals surface area contributed by atoms with Crippen LogP contribution in [0.25, 0.3) is 0 Å². The SMILES string of the molecule is CC1(CN)CCN(C(=O)CCNS(=O)(=O)c2ccc([N+](=O)[O-])cc2)C1. The van der Waals surface area contributed by atoms with Gasteiger partial charge >= 0.3 is 0 Å². The molecule has 1 aliphatic heterocycles. The van der Waals surface area contributed by atoms with Crippen LogP contribution in [0.2, 0.25) is 0 Å². The molecule has 1 saturated heterocycles. The van der Waals surface area contributed by atoms with Crippen LogP contribution in [0.4, 0.5) is 5.69 Å². The molecule has 9 nitrogen and oxygen atoms in total. The Morgan fingerprint density at radius 1 is 1.40 bits per heavy atom. The maximum atomic E-state index is 12.2. The van der Waals surface area contributed by atoms with Gasteiger partial charge in [-0.15, -0.1) is 0 Å². The van der Waals surface area contributed by atoms with Gasteiger partial charge in [0.2, 0.25) is 15.9 Å². The predicted molar refractivity (Wildman–Crippen MR) is 91.3 cm³/mol. The fourth-order valence-corrected chi connectivity index (χ4v) is 3.72. The van der Waals surface area contributed by atoms with E-state index < -0.39 is 14.9 Å². The van der Waals surface area contributed by atoms with Gasteiger partial charge in [-0.3, -0.25) is 14.9 Å². The normalized spacial score (nSPS) is 20.6. The van der Waals surface area contributed by atoms with Crippen molar-refractivity contribution in [1.82, 2.24) is 9.62 Å². The van der Waals surface area contributed by atoms with Gasteiger partial charge in [-0.25, -0.2) is 13.1 Å². The maximum Gasteiger partial charge on any atom is 0.269 e. The van der Waals surface area contributed by atoms with Gasteiger partial charge in [-0.1, -0.05) is 6.92 Å². The molecule has 1 aromatic carbocycles. The van der Waals surface area contributed by atoms with Crippen molar-refractivity contribution in [1.29, 1.82) is 0 Å². The molecule has 0 saturated carbocycles. The number of hydrogen-bond acceptors (Lipinski definition) is 6. The molecule has 1 aromatic rings. The highest BCUT2D eigenvalue weighted by Crippen LogP contribution is 2.28. The number of rotatable bonds is 7. The van der Waals surface area contributed by atoms with Gasteiger partial charge in [0.15, 0.2) is 0 Å². The molecule has 0 spiro atoms. The Balaban J connectivity index is 1.88. The molecule has 1 amide bonds. The summed E-state index contributed by atoms with van der Waals surface area (Å²) >= 11 is 0. The number of sulfonamides is 1. The van der Waals surface area contributed by atoms with E-state index in [2.05, 4.69) is 4.72 Å². The third-order valence-corrected chi connectivity index (χ3v) is 5.87. The summed E-state index contributed by atoms with van der Waals surface area (Å²) in [4.78, 5) is 23.8. The quantitative estimate of drug-likeness (QED) is 0.529. The second-order valence-electron chi connectivity index (χ2n) is 6.48. The lowest BCUT2D eigenvalue weighted by Gasteiger charge is -2.22. The van der Waals surface area contributed by atoms with E-state index in [1.165, 1.54) is 0 Å². The van der Waals surface area contributed by atoms with Gasteiger partial charge in [0, 0.05) is 38.2 Å². The molecule has 2 rings (SSSR count). The monoisotopic (exact) mass is 370 g/mol. The second kappa shape index (κ2) is 7.46. The van der Waals surface area contributed by atoms with E-state index in [0.717, 1.165) is 30.7 Å². The molecule has 0 aromatic heterocycles. The first-order valence-corrected chi connectivity index (χ1v) is 9.37. The highest BCUT2D eigenvalue weighted by Gasteiger charge is 2.34. The lowest BCUT2D eigenvalue weighted by Crippen LogP contribution is -2.36. The van der Waals surface area contributed by atoms with E-state index in [9.17, 15) is 23.3 Å². The van der Waals surface area contributed by atoms with E-state index >= 15 is 0 Å². The zero-order valence-electron chi connectivity index (χ0n) is 14.0. The summed E-state index contributed by atoms with van der Waals surface area (Å²) in [6.45, 7) is 3.70. The number of carbonyl (C=O) groups excluding carboxylic acids is 1. The minimum absolute atomic E-state index is 0.0337. The largest absolute Gasteiger partial charge is 0.342 e. The number of carbonyl (C=O) groups is 1. The van der Waals surface area contributed by atoms with Crippen molar-refractivity contribution >= 4 is 21.6 Å². The van der Waals surface area contributed by atoms with Gasteiger partial charge in [0.25, 0.3) is 5.69 Å². The van der Waals surface area contributed by atoms with Crippen molar-refractivity contribution in [2.45, 2.75) is 24.7 Å². The van der Waals surface area contributed by atoms with E-state index in [1.54, 1.807) is 4.90 Å². The van der Waals surface area contributed by atoms with E-state index in [4.69, 9.17) is 5.73 Å². The van der Waals surface area contributed by atoms with Crippen molar-refractivity contribution in [2.24, 2.45) is 11.1 Å². The van der Waals surface area contributed by atoms with Crippen LogP contribution in [-0.2, 0) is 14.8 Å². The summed E-state index contributed by atoms with van der Waals surface area (Å²) in [5.41, 5.74) is 5.45. The Hall–Kier alpha value is -2.04. The van der Waals surface area contributed by atoms with Crippen LogP contribution in [0.5, 0.6) is 0 Å². The number of nitrogens with one attached hydrogen (secondary N) is 1. The number of nitrogens with two attached hydrogens (primary N) is 1. The first-order valence-electron chi connectivity index (χ1n) is 7.89. The molecular weight excluding hydrogens is 348 g/mol. The lowest BCUT2D eigenvalue weighted by atomic mass is 9.90. The summed E-state index contributed by atoms with van der Waals surface area (Å²) in [7, 11) is -3.81. The number of non-ortho nitro benzene ring substituents is 1. The second-order valence-corrected chi connectivity index (χ2v) is 8.25. The number of nitrogens with zero attached hydrogens (tertiary/aromatic N) is 2. The number of amides is 1. The van der Waals surface area contributed by atoms with Crippen molar-refractivity contribution in [3.8, 4) is 0 Å². The van der Waals surface area contributed by atoms with Crippen molar-refractivity contribution in [3.63, 3.8) is 0 Å². The van der Waals surface area contributed by atoms with Crippen LogP contribution >= 0.6 is 0 Å². The Morgan fingerprint density at radius 2 is 2.04 bits per heavy atom. The fraction of sp³-hybridized carbons (Fsp3) is 0.533. The number of hydrogen-bond donors (Lipinski definition) is 2. The Bertz CT molecular complexity index is 750. The summed E-state index contributed by atoms with van der Waals surface area (Å²) < 4.78 is 26.6. The summed E-state index contributed by atoms with van der Waals surface area (Å²) in [5, 5.41) is 10.6. The van der Waals surface area contributed by atoms with Crippen LogP contribution in [0.3, 0.4) is 0 Å².